The molecule has 0 aliphatic heterocycles. The van der Waals surface area contributed by atoms with E-state index in [1.807, 2.05) is 0 Å². The molecule has 0 amide bonds. The van der Waals surface area contributed by atoms with Crippen LogP contribution in [0.5, 0.6) is 0 Å². The lowest BCUT2D eigenvalue weighted by molar-refractivity contribution is -0.157. The monoisotopic (exact) mass is 498 g/mol. The first-order chi connectivity index (χ1) is 17.2. The fourth-order valence-corrected chi connectivity index (χ4v) is 4.80. The van der Waals surface area contributed by atoms with Gasteiger partial charge in [0.15, 0.2) is 0 Å². The summed E-state index contributed by atoms with van der Waals surface area (Å²) in [5, 5.41) is 19.4. The number of hydrogen-bond acceptors (Lipinski definition) is 4. The maximum atomic E-state index is 12.2. The van der Waals surface area contributed by atoms with Crippen molar-refractivity contribution in [2.75, 3.05) is 6.61 Å². The van der Waals surface area contributed by atoms with Crippen LogP contribution in [0.4, 0.5) is 0 Å². The molecule has 0 bridgehead atoms. The Morgan fingerprint density at radius 1 is 0.571 bits per heavy atom. The largest absolute Gasteiger partial charge is 0.460 e. The van der Waals surface area contributed by atoms with Crippen LogP contribution in [0.3, 0.4) is 0 Å². The highest BCUT2D eigenvalue weighted by Crippen LogP contribution is 2.17. The molecule has 0 aromatic carbocycles. The Morgan fingerprint density at radius 2 is 0.914 bits per heavy atom. The maximum absolute atomic E-state index is 12.2. The molecule has 0 saturated carbocycles. The van der Waals surface area contributed by atoms with E-state index >= 15 is 0 Å². The highest BCUT2D eigenvalue weighted by Gasteiger charge is 2.22. The summed E-state index contributed by atoms with van der Waals surface area (Å²) in [6, 6.07) is 0. The zero-order valence-electron chi connectivity index (χ0n) is 23.8. The van der Waals surface area contributed by atoms with Gasteiger partial charge >= 0.3 is 5.97 Å². The highest BCUT2D eigenvalue weighted by atomic mass is 16.6. The van der Waals surface area contributed by atoms with Crippen molar-refractivity contribution in [2.45, 2.75) is 187 Å². The number of carbonyl (C=O) groups excluding carboxylic acids is 1. The Kier molecular flexibility index (Phi) is 27.5. The predicted octanol–water partition coefficient (Wildman–Crippen LogP) is 9.04. The standard InChI is InChI=1S/C31H62O4/c1-3-5-7-9-11-13-14-15-16-17-18-19-21-23-25-27-31(34)35-30(29(33)28-32)26-24-22-20-12-10-8-6-4-2/h29-30,32-33H,3-28H2,1-2H3. The molecular formula is C31H62O4. The average molecular weight is 499 g/mol. The molecule has 0 aliphatic carbocycles. The molecule has 0 aromatic rings. The normalized spacial score (nSPS) is 13.1. The Bertz CT molecular complexity index is 426. The summed E-state index contributed by atoms with van der Waals surface area (Å²) in [6.45, 7) is 4.15. The van der Waals surface area contributed by atoms with Gasteiger partial charge in [0.05, 0.1) is 6.61 Å². The summed E-state index contributed by atoms with van der Waals surface area (Å²) in [5.74, 6) is -0.225. The van der Waals surface area contributed by atoms with E-state index in [1.165, 1.54) is 122 Å². The first kappa shape index (κ1) is 34.4. The van der Waals surface area contributed by atoms with E-state index < -0.39 is 12.2 Å². The second-order valence-electron chi connectivity index (χ2n) is 10.7. The predicted molar refractivity (Wildman–Crippen MR) is 150 cm³/mol. The number of carbonyl (C=O) groups is 1. The maximum Gasteiger partial charge on any atom is 0.306 e. The topological polar surface area (TPSA) is 66.8 Å². The first-order valence-corrected chi connectivity index (χ1v) is 15.6. The van der Waals surface area contributed by atoms with Gasteiger partial charge in [0.2, 0.25) is 0 Å². The number of aliphatic hydroxyl groups excluding tert-OH is 2. The van der Waals surface area contributed by atoms with Gasteiger partial charge in [-0.2, -0.15) is 0 Å². The van der Waals surface area contributed by atoms with Gasteiger partial charge in [-0.15, -0.1) is 0 Å². The molecule has 35 heavy (non-hydrogen) atoms. The van der Waals surface area contributed by atoms with E-state index in [4.69, 9.17) is 4.74 Å². The van der Waals surface area contributed by atoms with E-state index in [0.29, 0.717) is 12.8 Å². The number of unbranched alkanes of at least 4 members (excludes halogenated alkanes) is 21. The van der Waals surface area contributed by atoms with E-state index in [-0.39, 0.29) is 12.6 Å². The van der Waals surface area contributed by atoms with Crippen molar-refractivity contribution in [3.8, 4) is 0 Å². The number of ether oxygens (including phenoxy) is 1. The molecule has 0 fully saturated rings. The molecule has 0 saturated heterocycles. The summed E-state index contributed by atoms with van der Waals surface area (Å²) < 4.78 is 5.53. The average Bonchev–Trinajstić information content (AvgIpc) is 2.86. The van der Waals surface area contributed by atoms with E-state index in [0.717, 1.165) is 25.7 Å². The second kappa shape index (κ2) is 28.0. The molecule has 0 aromatic heterocycles. The van der Waals surface area contributed by atoms with Crippen LogP contribution in [0, 0.1) is 0 Å². The first-order valence-electron chi connectivity index (χ1n) is 15.6. The molecule has 2 atom stereocenters. The van der Waals surface area contributed by atoms with E-state index in [9.17, 15) is 15.0 Å². The number of esters is 1. The Hall–Kier alpha value is -0.610. The number of aliphatic hydroxyl groups is 2. The van der Waals surface area contributed by atoms with Crippen LogP contribution in [0.15, 0.2) is 0 Å². The summed E-state index contributed by atoms with van der Waals surface area (Å²) in [6.07, 6.45) is 28.8. The third-order valence-electron chi connectivity index (χ3n) is 7.23. The molecule has 0 aliphatic rings. The molecule has 2 unspecified atom stereocenters. The van der Waals surface area contributed by atoms with Gasteiger partial charge in [0, 0.05) is 6.42 Å². The Labute approximate surface area is 219 Å². The zero-order chi connectivity index (χ0) is 25.8. The van der Waals surface area contributed by atoms with Crippen LogP contribution in [0.1, 0.15) is 174 Å². The van der Waals surface area contributed by atoms with Gasteiger partial charge < -0.3 is 14.9 Å². The molecular weight excluding hydrogens is 436 g/mol. The molecule has 0 heterocycles. The van der Waals surface area contributed by atoms with Gasteiger partial charge in [-0.1, -0.05) is 149 Å². The van der Waals surface area contributed by atoms with Crippen LogP contribution >= 0.6 is 0 Å². The lowest BCUT2D eigenvalue weighted by Crippen LogP contribution is -2.34. The van der Waals surface area contributed by atoms with Gasteiger partial charge in [-0.25, -0.2) is 0 Å². The van der Waals surface area contributed by atoms with Crippen LogP contribution < -0.4 is 0 Å². The minimum Gasteiger partial charge on any atom is -0.460 e. The molecule has 210 valence electrons. The quantitative estimate of drug-likeness (QED) is 0.0834. The molecule has 4 heteroatoms. The van der Waals surface area contributed by atoms with Crippen molar-refractivity contribution in [2.24, 2.45) is 0 Å². The van der Waals surface area contributed by atoms with Gasteiger partial charge in [0.25, 0.3) is 0 Å². The third-order valence-corrected chi connectivity index (χ3v) is 7.23. The number of hydrogen-bond donors (Lipinski definition) is 2. The fraction of sp³-hybridized carbons (Fsp3) is 0.968. The zero-order valence-corrected chi connectivity index (χ0v) is 23.8. The van der Waals surface area contributed by atoms with Crippen molar-refractivity contribution in [3.63, 3.8) is 0 Å². The van der Waals surface area contributed by atoms with Crippen molar-refractivity contribution in [1.82, 2.24) is 0 Å². The Balaban J connectivity index is 3.63. The van der Waals surface area contributed by atoms with Crippen LogP contribution in [0.2, 0.25) is 0 Å². The minimum absolute atomic E-state index is 0.225. The molecule has 4 nitrogen and oxygen atoms in total. The molecule has 0 rings (SSSR count). The van der Waals surface area contributed by atoms with Gasteiger partial charge in [-0.3, -0.25) is 4.79 Å². The second-order valence-corrected chi connectivity index (χ2v) is 10.7. The highest BCUT2D eigenvalue weighted by molar-refractivity contribution is 5.69. The van der Waals surface area contributed by atoms with Gasteiger partial charge in [0.1, 0.15) is 12.2 Å². The SMILES string of the molecule is CCCCCCCCCCCCCCCCCC(=O)OC(CCCCCCCCCC)C(O)CO. The number of rotatable bonds is 28. The minimum atomic E-state index is -0.968. The van der Waals surface area contributed by atoms with Crippen molar-refractivity contribution in [1.29, 1.82) is 0 Å². The third kappa shape index (κ3) is 24.8. The van der Waals surface area contributed by atoms with E-state index in [2.05, 4.69) is 13.8 Å². The van der Waals surface area contributed by atoms with Gasteiger partial charge in [-0.05, 0) is 19.3 Å². The summed E-state index contributed by atoms with van der Waals surface area (Å²) in [5.41, 5.74) is 0. The van der Waals surface area contributed by atoms with Crippen LogP contribution in [-0.2, 0) is 9.53 Å². The van der Waals surface area contributed by atoms with Crippen molar-refractivity contribution >= 4 is 5.97 Å². The summed E-state index contributed by atoms with van der Waals surface area (Å²) in [4.78, 5) is 12.2. The fourth-order valence-electron chi connectivity index (χ4n) is 4.80. The lowest BCUT2D eigenvalue weighted by Gasteiger charge is -2.22. The van der Waals surface area contributed by atoms with E-state index in [1.54, 1.807) is 0 Å². The van der Waals surface area contributed by atoms with Crippen molar-refractivity contribution in [3.05, 3.63) is 0 Å². The Morgan fingerprint density at radius 3 is 1.29 bits per heavy atom. The molecule has 0 radical (unpaired) electrons. The summed E-state index contributed by atoms with van der Waals surface area (Å²) in [7, 11) is 0. The van der Waals surface area contributed by atoms with Crippen LogP contribution in [0.25, 0.3) is 0 Å². The molecule has 2 N–H and O–H groups in total. The molecule has 0 spiro atoms. The lowest BCUT2D eigenvalue weighted by atomic mass is 10.0. The van der Waals surface area contributed by atoms with Crippen LogP contribution in [-0.4, -0.2) is 35.0 Å². The summed E-state index contributed by atoms with van der Waals surface area (Å²) >= 11 is 0. The smallest absolute Gasteiger partial charge is 0.306 e. The van der Waals surface area contributed by atoms with Crippen molar-refractivity contribution < 1.29 is 19.7 Å².